The largest absolute Gasteiger partial charge is 0.326 e. The van der Waals surface area contributed by atoms with Crippen molar-refractivity contribution in [2.24, 2.45) is 0 Å². The lowest BCUT2D eigenvalue weighted by molar-refractivity contribution is -0.114. The summed E-state index contributed by atoms with van der Waals surface area (Å²) in [5, 5.41) is 3.38. The molecule has 0 aromatic heterocycles. The Bertz CT molecular complexity index is 1020. The Morgan fingerprint density at radius 2 is 1.89 bits per heavy atom. The van der Waals surface area contributed by atoms with Gasteiger partial charge >= 0.3 is 0 Å². The van der Waals surface area contributed by atoms with Crippen LogP contribution in [0.1, 0.15) is 31.7 Å². The summed E-state index contributed by atoms with van der Waals surface area (Å²) in [5.74, 6) is -1.31. The smallest absolute Gasteiger partial charge is 0.243 e. The van der Waals surface area contributed by atoms with Crippen molar-refractivity contribution < 1.29 is 17.6 Å². The van der Waals surface area contributed by atoms with Crippen LogP contribution >= 0.6 is 23.2 Å². The Morgan fingerprint density at radius 1 is 1.18 bits per heavy atom. The van der Waals surface area contributed by atoms with Crippen molar-refractivity contribution in [1.29, 1.82) is 0 Å². The number of rotatable bonds is 6. The van der Waals surface area contributed by atoms with Crippen molar-refractivity contribution in [3.05, 3.63) is 57.8 Å². The lowest BCUT2D eigenvalue weighted by Crippen LogP contribution is -2.55. The molecule has 1 fully saturated rings. The molecular weight excluding hydrogens is 426 g/mol. The highest BCUT2D eigenvalue weighted by molar-refractivity contribution is 7.89. The first-order valence-corrected chi connectivity index (χ1v) is 10.9. The molecule has 0 radical (unpaired) electrons. The Labute approximate surface area is 173 Å². The Morgan fingerprint density at radius 3 is 2.43 bits per heavy atom. The van der Waals surface area contributed by atoms with Crippen LogP contribution in [-0.4, -0.2) is 19.9 Å². The van der Waals surface area contributed by atoms with Crippen LogP contribution in [-0.2, 0) is 21.2 Å². The van der Waals surface area contributed by atoms with Gasteiger partial charge in [0.05, 0.1) is 0 Å². The molecule has 1 saturated carbocycles. The molecule has 2 N–H and O–H groups in total. The number of nitrogens with one attached hydrogen (secondary N) is 2. The summed E-state index contributed by atoms with van der Waals surface area (Å²) in [6.45, 7) is 1.28. The summed E-state index contributed by atoms with van der Waals surface area (Å²) in [5.41, 5.74) is 0.240. The number of carbonyl (C=O) groups excluding carboxylic acids is 1. The highest BCUT2D eigenvalue weighted by Gasteiger charge is 2.41. The average Bonchev–Trinajstić information content (AvgIpc) is 2.54. The van der Waals surface area contributed by atoms with Crippen LogP contribution in [0.4, 0.5) is 10.1 Å². The zero-order chi connectivity index (χ0) is 20.5. The van der Waals surface area contributed by atoms with E-state index in [1.165, 1.54) is 13.0 Å². The number of amides is 1. The summed E-state index contributed by atoms with van der Waals surface area (Å²) in [6.07, 6.45) is 2.49. The number of halogens is 3. The molecule has 0 saturated heterocycles. The van der Waals surface area contributed by atoms with Crippen molar-refractivity contribution in [2.75, 3.05) is 5.32 Å². The van der Waals surface area contributed by atoms with E-state index < -0.39 is 26.3 Å². The summed E-state index contributed by atoms with van der Waals surface area (Å²) < 4.78 is 42.8. The molecule has 2 aromatic carbocycles. The molecule has 28 heavy (non-hydrogen) atoms. The van der Waals surface area contributed by atoms with Gasteiger partial charge in [-0.3, -0.25) is 4.79 Å². The second kappa shape index (κ2) is 7.99. The van der Waals surface area contributed by atoms with Crippen molar-refractivity contribution in [3.8, 4) is 0 Å². The van der Waals surface area contributed by atoms with Gasteiger partial charge in [-0.15, -0.1) is 0 Å². The van der Waals surface area contributed by atoms with Crippen molar-refractivity contribution >= 4 is 44.8 Å². The molecule has 0 heterocycles. The predicted molar refractivity (Wildman–Crippen MR) is 108 cm³/mol. The van der Waals surface area contributed by atoms with Gasteiger partial charge < -0.3 is 5.32 Å². The maximum atomic E-state index is 14.4. The highest BCUT2D eigenvalue weighted by atomic mass is 35.5. The minimum atomic E-state index is -4.10. The quantitative estimate of drug-likeness (QED) is 0.686. The summed E-state index contributed by atoms with van der Waals surface area (Å²) >= 11 is 12.2. The van der Waals surface area contributed by atoms with Gasteiger partial charge in [0.25, 0.3) is 0 Å². The maximum Gasteiger partial charge on any atom is 0.243 e. The van der Waals surface area contributed by atoms with E-state index in [-0.39, 0.29) is 11.6 Å². The number of hydrogen-bond acceptors (Lipinski definition) is 3. The Balaban J connectivity index is 1.84. The molecule has 9 heteroatoms. The third-order valence-electron chi connectivity index (χ3n) is 4.75. The van der Waals surface area contributed by atoms with Crippen LogP contribution in [0.5, 0.6) is 0 Å². The van der Waals surface area contributed by atoms with Gasteiger partial charge in [0.15, 0.2) is 0 Å². The van der Waals surface area contributed by atoms with E-state index >= 15 is 0 Å². The summed E-state index contributed by atoms with van der Waals surface area (Å²) in [6, 6.07) is 8.55. The summed E-state index contributed by atoms with van der Waals surface area (Å²) in [7, 11) is -4.10. The predicted octanol–water partition coefficient (Wildman–Crippen LogP) is 4.53. The number of hydrogen-bond donors (Lipinski definition) is 2. The van der Waals surface area contributed by atoms with E-state index in [0.29, 0.717) is 29.3 Å². The van der Waals surface area contributed by atoms with E-state index in [4.69, 9.17) is 23.2 Å². The molecule has 1 aliphatic carbocycles. The lowest BCUT2D eigenvalue weighted by atomic mass is 9.74. The average molecular weight is 445 g/mol. The molecule has 0 unspecified atom stereocenters. The van der Waals surface area contributed by atoms with Crippen LogP contribution in [0.15, 0.2) is 41.3 Å². The zero-order valence-corrected chi connectivity index (χ0v) is 17.4. The standard InChI is InChI=1S/C19H19Cl2FN2O3S/c1-12(25)23-15-5-6-18(17(22)10-15)28(26,27)24-19(7-2-8-19)11-13-3-4-14(20)9-16(13)21/h3-6,9-10,24H,2,7-8,11H2,1H3,(H,23,25). The maximum absolute atomic E-state index is 14.4. The van der Waals surface area contributed by atoms with E-state index in [0.717, 1.165) is 24.1 Å². The van der Waals surface area contributed by atoms with Crippen molar-refractivity contribution in [3.63, 3.8) is 0 Å². The van der Waals surface area contributed by atoms with Gasteiger partial charge in [0, 0.05) is 28.2 Å². The molecule has 2 aromatic rings. The number of carbonyl (C=O) groups is 1. The number of anilines is 1. The molecule has 1 aliphatic rings. The molecule has 0 aliphatic heterocycles. The molecule has 0 atom stereocenters. The van der Waals surface area contributed by atoms with Crippen LogP contribution < -0.4 is 10.0 Å². The van der Waals surface area contributed by atoms with E-state index in [2.05, 4.69) is 10.0 Å². The van der Waals surface area contributed by atoms with Crippen LogP contribution in [0, 0.1) is 5.82 Å². The van der Waals surface area contributed by atoms with Crippen LogP contribution in [0.2, 0.25) is 10.0 Å². The van der Waals surface area contributed by atoms with Gasteiger partial charge in [0.2, 0.25) is 15.9 Å². The minimum Gasteiger partial charge on any atom is -0.326 e. The third kappa shape index (κ3) is 4.66. The monoisotopic (exact) mass is 444 g/mol. The second-order valence-electron chi connectivity index (χ2n) is 6.98. The third-order valence-corrected chi connectivity index (χ3v) is 6.95. The first kappa shape index (κ1) is 21.0. The molecule has 5 nitrogen and oxygen atoms in total. The first-order chi connectivity index (χ1) is 13.1. The molecular formula is C19H19Cl2FN2O3S. The Kier molecular flexibility index (Phi) is 6.00. The minimum absolute atomic E-state index is 0.190. The highest BCUT2D eigenvalue weighted by Crippen LogP contribution is 2.38. The van der Waals surface area contributed by atoms with Crippen molar-refractivity contribution in [1.82, 2.24) is 4.72 Å². The van der Waals surface area contributed by atoms with E-state index in [1.807, 2.05) is 0 Å². The van der Waals surface area contributed by atoms with Crippen LogP contribution in [0.25, 0.3) is 0 Å². The Hall–Kier alpha value is -1.67. The number of benzene rings is 2. The molecule has 0 spiro atoms. The molecule has 1 amide bonds. The molecule has 0 bridgehead atoms. The van der Waals surface area contributed by atoms with Gasteiger partial charge in [-0.2, -0.15) is 0 Å². The molecule has 150 valence electrons. The zero-order valence-electron chi connectivity index (χ0n) is 15.1. The lowest BCUT2D eigenvalue weighted by Gasteiger charge is -2.42. The van der Waals surface area contributed by atoms with Gasteiger partial charge in [0.1, 0.15) is 10.7 Å². The number of sulfonamides is 1. The normalized spacial score (nSPS) is 15.7. The van der Waals surface area contributed by atoms with E-state index in [9.17, 15) is 17.6 Å². The first-order valence-electron chi connectivity index (χ1n) is 8.65. The SMILES string of the molecule is CC(=O)Nc1ccc(S(=O)(=O)NC2(Cc3ccc(Cl)cc3Cl)CCC2)c(F)c1. The fourth-order valence-electron chi connectivity index (χ4n) is 3.29. The fourth-order valence-corrected chi connectivity index (χ4v) is 5.28. The van der Waals surface area contributed by atoms with Gasteiger partial charge in [-0.1, -0.05) is 29.3 Å². The van der Waals surface area contributed by atoms with Crippen molar-refractivity contribution in [2.45, 2.75) is 43.0 Å². The van der Waals surface area contributed by atoms with E-state index in [1.54, 1.807) is 18.2 Å². The fraction of sp³-hybridized carbons (Fsp3) is 0.316. The second-order valence-corrected chi connectivity index (χ2v) is 9.47. The summed E-state index contributed by atoms with van der Waals surface area (Å²) in [4.78, 5) is 10.6. The molecule has 3 rings (SSSR count). The van der Waals surface area contributed by atoms with Crippen LogP contribution in [0.3, 0.4) is 0 Å². The van der Waals surface area contributed by atoms with Gasteiger partial charge in [-0.25, -0.2) is 17.5 Å². The topological polar surface area (TPSA) is 75.3 Å². The van der Waals surface area contributed by atoms with Gasteiger partial charge in [-0.05, 0) is 61.6 Å².